The first-order valence-electron chi connectivity index (χ1n) is 12.3. The van der Waals surface area contributed by atoms with E-state index in [0.717, 1.165) is 21.2 Å². The first-order valence-corrected chi connectivity index (χ1v) is 13.1. The van der Waals surface area contributed by atoms with Crippen molar-refractivity contribution < 1.29 is 24.1 Å². The quantitative estimate of drug-likeness (QED) is 0.259. The molecule has 0 radical (unpaired) electrons. The van der Waals surface area contributed by atoms with Gasteiger partial charge in [0.1, 0.15) is 11.5 Å². The van der Waals surface area contributed by atoms with Crippen LogP contribution in [0.3, 0.4) is 0 Å². The highest BCUT2D eigenvalue weighted by Gasteiger charge is 2.53. The normalized spacial score (nSPS) is 18.6. The molecule has 3 aromatic carbocycles. The fourth-order valence-electron chi connectivity index (χ4n) is 4.30. The zero-order chi connectivity index (χ0) is 27.1. The van der Waals surface area contributed by atoms with Crippen molar-refractivity contribution in [1.82, 2.24) is 10.4 Å². The molecule has 1 amide bonds. The molecule has 8 nitrogen and oxygen atoms in total. The molecule has 0 fully saturated rings. The lowest BCUT2D eigenvalue weighted by Gasteiger charge is -2.32. The first kappa shape index (κ1) is 27.6. The molecule has 0 saturated heterocycles. The van der Waals surface area contributed by atoms with Crippen molar-refractivity contribution >= 4 is 27.7 Å². The van der Waals surface area contributed by atoms with Gasteiger partial charge in [0.25, 0.3) is 5.91 Å². The SMILES string of the molecule is COc1cccc([C@@H]2OC(c3ccc(OCCCO)cc3)=N[C@]2(Cc2ccc(Br)cc2)C(=O)NN(C)C)c1. The van der Waals surface area contributed by atoms with Crippen molar-refractivity contribution in [2.75, 3.05) is 34.4 Å². The Morgan fingerprint density at radius 3 is 2.50 bits per heavy atom. The van der Waals surface area contributed by atoms with Crippen molar-refractivity contribution in [3.63, 3.8) is 0 Å². The van der Waals surface area contributed by atoms with Crippen molar-refractivity contribution in [1.29, 1.82) is 0 Å². The summed E-state index contributed by atoms with van der Waals surface area (Å²) in [6, 6.07) is 22.7. The van der Waals surface area contributed by atoms with Gasteiger partial charge in [-0.1, -0.05) is 40.2 Å². The molecule has 200 valence electrons. The molecule has 4 rings (SSSR count). The second kappa shape index (κ2) is 12.4. The number of aliphatic hydroxyl groups is 1. The average Bonchev–Trinajstić information content (AvgIpc) is 3.31. The van der Waals surface area contributed by atoms with Gasteiger partial charge in [-0.25, -0.2) is 10.0 Å². The number of carbonyl (C=O) groups is 1. The number of hydrogen-bond acceptors (Lipinski definition) is 7. The molecule has 0 saturated carbocycles. The number of hydrogen-bond donors (Lipinski definition) is 2. The van der Waals surface area contributed by atoms with Crippen LogP contribution in [0.2, 0.25) is 0 Å². The molecule has 38 heavy (non-hydrogen) atoms. The van der Waals surface area contributed by atoms with Crippen LogP contribution in [0.1, 0.15) is 29.2 Å². The summed E-state index contributed by atoms with van der Waals surface area (Å²) in [5.74, 6) is 1.43. The van der Waals surface area contributed by atoms with E-state index in [-0.39, 0.29) is 12.5 Å². The minimum atomic E-state index is -1.30. The molecule has 0 aliphatic carbocycles. The average molecular weight is 582 g/mol. The zero-order valence-corrected chi connectivity index (χ0v) is 23.3. The van der Waals surface area contributed by atoms with Gasteiger partial charge in [-0.15, -0.1) is 0 Å². The number of ether oxygens (including phenoxy) is 3. The molecular weight excluding hydrogens is 550 g/mol. The van der Waals surface area contributed by atoms with E-state index in [1.54, 1.807) is 26.2 Å². The largest absolute Gasteiger partial charge is 0.497 e. The minimum absolute atomic E-state index is 0.0733. The van der Waals surface area contributed by atoms with E-state index >= 15 is 0 Å². The molecule has 0 unspecified atom stereocenters. The molecule has 1 aliphatic rings. The number of methoxy groups -OCH3 is 1. The van der Waals surface area contributed by atoms with Crippen LogP contribution in [-0.4, -0.2) is 61.9 Å². The van der Waals surface area contributed by atoms with Gasteiger partial charge in [0, 0.05) is 43.6 Å². The van der Waals surface area contributed by atoms with Crippen LogP contribution in [0.5, 0.6) is 11.5 Å². The minimum Gasteiger partial charge on any atom is -0.497 e. The fraction of sp³-hybridized carbons (Fsp3) is 0.310. The molecule has 3 aromatic rings. The molecule has 2 atom stereocenters. The van der Waals surface area contributed by atoms with Crippen LogP contribution < -0.4 is 14.9 Å². The Balaban J connectivity index is 1.79. The Hall–Kier alpha value is -3.40. The fourth-order valence-corrected chi connectivity index (χ4v) is 4.56. The third-order valence-corrected chi connectivity index (χ3v) is 6.67. The number of rotatable bonds is 11. The predicted molar refractivity (Wildman–Crippen MR) is 149 cm³/mol. The molecule has 0 aromatic heterocycles. The lowest BCUT2D eigenvalue weighted by atomic mass is 9.82. The predicted octanol–water partition coefficient (Wildman–Crippen LogP) is 4.31. The van der Waals surface area contributed by atoms with Gasteiger partial charge in [0.15, 0.2) is 11.6 Å². The van der Waals surface area contributed by atoms with Crippen LogP contribution in [0.25, 0.3) is 0 Å². The number of aliphatic imine (C=N–C) groups is 1. The Morgan fingerprint density at radius 1 is 1.11 bits per heavy atom. The maximum Gasteiger partial charge on any atom is 0.266 e. The van der Waals surface area contributed by atoms with E-state index in [9.17, 15) is 4.79 Å². The molecule has 9 heteroatoms. The molecule has 1 heterocycles. The van der Waals surface area contributed by atoms with E-state index in [2.05, 4.69) is 21.4 Å². The maximum absolute atomic E-state index is 13.9. The highest BCUT2D eigenvalue weighted by Crippen LogP contribution is 2.43. The monoisotopic (exact) mass is 581 g/mol. The summed E-state index contributed by atoms with van der Waals surface area (Å²) >= 11 is 3.49. The van der Waals surface area contributed by atoms with Crippen LogP contribution in [0.4, 0.5) is 0 Å². The van der Waals surface area contributed by atoms with Gasteiger partial charge in [-0.05, 0) is 59.7 Å². The van der Waals surface area contributed by atoms with Crippen LogP contribution in [-0.2, 0) is 16.0 Å². The number of carbonyl (C=O) groups excluding carboxylic acids is 1. The summed E-state index contributed by atoms with van der Waals surface area (Å²) in [4.78, 5) is 19.0. The third-order valence-electron chi connectivity index (χ3n) is 6.14. The summed E-state index contributed by atoms with van der Waals surface area (Å²) in [7, 11) is 5.14. The van der Waals surface area contributed by atoms with E-state index in [1.807, 2.05) is 72.8 Å². The Bertz CT molecular complexity index is 1260. The van der Waals surface area contributed by atoms with E-state index < -0.39 is 11.6 Å². The summed E-state index contributed by atoms with van der Waals surface area (Å²) in [5, 5.41) is 10.6. The lowest BCUT2D eigenvalue weighted by Crippen LogP contribution is -2.53. The summed E-state index contributed by atoms with van der Waals surface area (Å²) < 4.78 is 18.6. The van der Waals surface area contributed by atoms with Crippen molar-refractivity contribution in [3.8, 4) is 11.5 Å². The number of halogens is 1. The summed E-state index contributed by atoms with van der Waals surface area (Å²) in [6.45, 7) is 0.496. The standard InChI is InChI=1S/C29H32BrN3O5/c1-33(2)32-28(35)29(19-20-8-12-23(30)13-9-20)26(22-6-4-7-25(18-22)36-3)38-27(31-29)21-10-14-24(15-11-21)37-17-5-16-34/h4,6-15,18,26,34H,5,16-17,19H2,1-3H3,(H,32,35)/t26-,29-/m0/s1. The van der Waals surface area contributed by atoms with Crippen LogP contribution in [0.15, 0.2) is 82.3 Å². The number of nitrogens with one attached hydrogen (secondary N) is 1. The van der Waals surface area contributed by atoms with Crippen molar-refractivity contribution in [3.05, 3.63) is 94.0 Å². The topological polar surface area (TPSA) is 92.6 Å². The second-order valence-electron chi connectivity index (χ2n) is 9.20. The van der Waals surface area contributed by atoms with Gasteiger partial charge < -0.3 is 19.3 Å². The van der Waals surface area contributed by atoms with Crippen molar-refractivity contribution in [2.24, 2.45) is 4.99 Å². The lowest BCUT2D eigenvalue weighted by molar-refractivity contribution is -0.132. The van der Waals surface area contributed by atoms with Crippen LogP contribution >= 0.6 is 15.9 Å². The summed E-state index contributed by atoms with van der Waals surface area (Å²) in [5.41, 5.74) is 4.07. The number of aliphatic hydroxyl groups excluding tert-OH is 1. The second-order valence-corrected chi connectivity index (χ2v) is 10.1. The molecule has 2 N–H and O–H groups in total. The smallest absolute Gasteiger partial charge is 0.266 e. The van der Waals surface area contributed by atoms with Crippen molar-refractivity contribution in [2.45, 2.75) is 24.5 Å². The Morgan fingerprint density at radius 2 is 1.84 bits per heavy atom. The first-order chi connectivity index (χ1) is 18.3. The molecular formula is C29H32BrN3O5. The van der Waals surface area contributed by atoms with Gasteiger partial charge >= 0.3 is 0 Å². The van der Waals surface area contributed by atoms with Crippen LogP contribution in [0, 0.1) is 0 Å². The maximum atomic E-state index is 13.9. The highest BCUT2D eigenvalue weighted by atomic mass is 79.9. The third kappa shape index (κ3) is 6.35. The van der Waals surface area contributed by atoms with Gasteiger partial charge in [0.2, 0.25) is 5.90 Å². The van der Waals surface area contributed by atoms with E-state index in [4.69, 9.17) is 24.3 Å². The summed E-state index contributed by atoms with van der Waals surface area (Å²) in [6.07, 6.45) is 0.157. The molecule has 1 aliphatic heterocycles. The number of benzene rings is 3. The van der Waals surface area contributed by atoms with E-state index in [1.165, 1.54) is 0 Å². The molecule has 0 spiro atoms. The van der Waals surface area contributed by atoms with E-state index in [0.29, 0.717) is 36.8 Å². The molecule has 0 bridgehead atoms. The number of hydrazine groups is 1. The zero-order valence-electron chi connectivity index (χ0n) is 21.7. The van der Waals surface area contributed by atoms with Gasteiger partial charge in [-0.2, -0.15) is 0 Å². The Kier molecular flexibility index (Phi) is 9.04. The Labute approximate surface area is 231 Å². The number of amides is 1. The van der Waals surface area contributed by atoms with Gasteiger partial charge in [-0.3, -0.25) is 10.2 Å². The van der Waals surface area contributed by atoms with Gasteiger partial charge in [0.05, 0.1) is 13.7 Å². The highest BCUT2D eigenvalue weighted by molar-refractivity contribution is 9.10. The number of nitrogens with zero attached hydrogens (tertiary/aromatic N) is 2.